The summed E-state index contributed by atoms with van der Waals surface area (Å²) in [6, 6.07) is 8.26. The maximum atomic E-state index is 11.6. The van der Waals surface area contributed by atoms with Crippen LogP contribution in [0.15, 0.2) is 34.2 Å². The molecule has 0 saturated heterocycles. The highest BCUT2D eigenvalue weighted by molar-refractivity contribution is 8.40. The fourth-order valence-electron chi connectivity index (χ4n) is 1.48. The molecule has 0 atom stereocenters. The lowest BCUT2D eigenvalue weighted by Gasteiger charge is -1.98. The standard InChI is InChI=1S/C13H13NOS2/c1-3-9-4-6-10(7-5-9)8-11-12(15)14-13(16-2)17-11/h4-8H,3H2,1-2H3/b11-8-. The lowest BCUT2D eigenvalue weighted by atomic mass is 10.1. The van der Waals surface area contributed by atoms with Crippen LogP contribution in [0.2, 0.25) is 0 Å². The van der Waals surface area contributed by atoms with E-state index in [1.165, 1.54) is 29.1 Å². The Hall–Kier alpha value is -1.00. The average Bonchev–Trinajstić information content (AvgIpc) is 2.71. The van der Waals surface area contributed by atoms with E-state index in [-0.39, 0.29) is 5.91 Å². The van der Waals surface area contributed by atoms with E-state index >= 15 is 0 Å². The first-order valence-corrected chi connectivity index (χ1v) is 7.42. The van der Waals surface area contributed by atoms with Gasteiger partial charge in [-0.05, 0) is 29.9 Å². The molecule has 0 spiro atoms. The van der Waals surface area contributed by atoms with E-state index in [0.29, 0.717) is 4.91 Å². The molecule has 2 rings (SSSR count). The van der Waals surface area contributed by atoms with Crippen LogP contribution in [0, 0.1) is 0 Å². The molecule has 0 saturated carbocycles. The summed E-state index contributed by atoms with van der Waals surface area (Å²) in [5.74, 6) is -0.126. The summed E-state index contributed by atoms with van der Waals surface area (Å²) in [5, 5.41) is 0. The average molecular weight is 263 g/mol. The van der Waals surface area contributed by atoms with E-state index in [0.717, 1.165) is 16.4 Å². The largest absolute Gasteiger partial charge is 0.285 e. The maximum absolute atomic E-state index is 11.6. The fraction of sp³-hybridized carbons (Fsp3) is 0.231. The molecule has 1 aliphatic heterocycles. The van der Waals surface area contributed by atoms with Gasteiger partial charge in [-0.15, -0.1) is 11.8 Å². The van der Waals surface area contributed by atoms with Crippen molar-refractivity contribution >= 4 is 39.9 Å². The van der Waals surface area contributed by atoms with Gasteiger partial charge in [0.15, 0.2) is 0 Å². The van der Waals surface area contributed by atoms with Crippen molar-refractivity contribution in [3.8, 4) is 0 Å². The van der Waals surface area contributed by atoms with Crippen LogP contribution in [0.5, 0.6) is 0 Å². The van der Waals surface area contributed by atoms with Crippen molar-refractivity contribution in [3.05, 3.63) is 40.3 Å². The highest BCUT2D eigenvalue weighted by Gasteiger charge is 2.20. The molecule has 1 amide bonds. The topological polar surface area (TPSA) is 29.4 Å². The number of amides is 1. The van der Waals surface area contributed by atoms with Crippen LogP contribution in [-0.2, 0) is 11.2 Å². The smallest absolute Gasteiger partial charge is 0.266 e. The molecule has 0 radical (unpaired) electrons. The Balaban J connectivity index is 2.17. The van der Waals surface area contributed by atoms with E-state index in [1.807, 2.05) is 24.5 Å². The number of aryl methyl sites for hydroxylation is 1. The second-order valence-corrected chi connectivity index (χ2v) is 5.68. The van der Waals surface area contributed by atoms with Crippen LogP contribution in [0.3, 0.4) is 0 Å². The maximum Gasteiger partial charge on any atom is 0.285 e. The third-order valence-corrected chi connectivity index (χ3v) is 4.43. The summed E-state index contributed by atoms with van der Waals surface area (Å²) in [7, 11) is 0. The lowest BCUT2D eigenvalue weighted by molar-refractivity contribution is -0.113. The summed E-state index contributed by atoms with van der Waals surface area (Å²) >= 11 is 2.96. The second kappa shape index (κ2) is 5.56. The van der Waals surface area contributed by atoms with Crippen LogP contribution >= 0.6 is 23.5 Å². The molecule has 0 bridgehead atoms. The predicted octanol–water partition coefficient (Wildman–Crippen LogP) is 3.58. The first kappa shape index (κ1) is 12.5. The summed E-state index contributed by atoms with van der Waals surface area (Å²) in [4.78, 5) is 16.2. The minimum absolute atomic E-state index is 0.126. The molecule has 4 heteroatoms. The molecule has 0 fully saturated rings. The second-order valence-electron chi connectivity index (χ2n) is 3.59. The molecule has 0 aliphatic carbocycles. The van der Waals surface area contributed by atoms with E-state index in [1.54, 1.807) is 0 Å². The highest BCUT2D eigenvalue weighted by atomic mass is 32.2. The molecule has 17 heavy (non-hydrogen) atoms. The van der Waals surface area contributed by atoms with Gasteiger partial charge in [-0.25, -0.2) is 0 Å². The van der Waals surface area contributed by atoms with Crippen LogP contribution in [0.25, 0.3) is 6.08 Å². The lowest BCUT2D eigenvalue weighted by Crippen LogP contribution is -1.88. The molecule has 0 aromatic heterocycles. The highest BCUT2D eigenvalue weighted by Crippen LogP contribution is 2.32. The van der Waals surface area contributed by atoms with Crippen molar-refractivity contribution in [2.45, 2.75) is 13.3 Å². The van der Waals surface area contributed by atoms with Crippen LogP contribution < -0.4 is 0 Å². The van der Waals surface area contributed by atoms with Gasteiger partial charge in [0.25, 0.3) is 5.91 Å². The van der Waals surface area contributed by atoms with Gasteiger partial charge in [0.2, 0.25) is 0 Å². The molecule has 0 N–H and O–H groups in total. The molecule has 0 unspecified atom stereocenters. The molecule has 1 aliphatic rings. The minimum Gasteiger partial charge on any atom is -0.266 e. The van der Waals surface area contributed by atoms with Gasteiger partial charge in [-0.1, -0.05) is 43.0 Å². The normalized spacial score (nSPS) is 17.6. The number of rotatable bonds is 2. The van der Waals surface area contributed by atoms with Crippen molar-refractivity contribution in [1.82, 2.24) is 0 Å². The third kappa shape index (κ3) is 3.01. The van der Waals surface area contributed by atoms with Gasteiger partial charge in [0, 0.05) is 0 Å². The number of carbonyl (C=O) groups is 1. The van der Waals surface area contributed by atoms with Crippen LogP contribution in [-0.4, -0.2) is 16.5 Å². The van der Waals surface area contributed by atoms with E-state index in [9.17, 15) is 4.79 Å². The van der Waals surface area contributed by atoms with Crippen molar-refractivity contribution in [3.63, 3.8) is 0 Å². The van der Waals surface area contributed by atoms with Crippen LogP contribution in [0.1, 0.15) is 18.1 Å². The van der Waals surface area contributed by atoms with E-state index < -0.39 is 0 Å². The van der Waals surface area contributed by atoms with Crippen molar-refractivity contribution in [1.29, 1.82) is 0 Å². The SMILES string of the molecule is CCc1ccc(/C=C2\SC(SC)=NC2=O)cc1. The molecule has 1 aromatic carbocycles. The Labute approximate surface area is 110 Å². The Morgan fingerprint density at radius 1 is 1.35 bits per heavy atom. The van der Waals surface area contributed by atoms with Gasteiger partial charge in [0.1, 0.15) is 4.38 Å². The van der Waals surface area contributed by atoms with Gasteiger partial charge in [-0.3, -0.25) is 4.79 Å². The van der Waals surface area contributed by atoms with E-state index in [2.05, 4.69) is 24.0 Å². The summed E-state index contributed by atoms with van der Waals surface area (Å²) in [6.07, 6.45) is 4.86. The third-order valence-electron chi connectivity index (χ3n) is 2.46. The summed E-state index contributed by atoms with van der Waals surface area (Å²) in [6.45, 7) is 2.13. The first-order chi connectivity index (χ1) is 8.22. The Bertz CT molecular complexity index is 489. The number of benzene rings is 1. The zero-order valence-electron chi connectivity index (χ0n) is 9.77. The summed E-state index contributed by atoms with van der Waals surface area (Å²) in [5.41, 5.74) is 2.36. The molecular weight excluding hydrogens is 250 g/mol. The quantitative estimate of drug-likeness (QED) is 0.764. The summed E-state index contributed by atoms with van der Waals surface area (Å²) < 4.78 is 0.825. The van der Waals surface area contributed by atoms with Gasteiger partial charge in [-0.2, -0.15) is 4.99 Å². The number of thioether (sulfide) groups is 2. The van der Waals surface area contributed by atoms with Gasteiger partial charge >= 0.3 is 0 Å². The zero-order chi connectivity index (χ0) is 12.3. The van der Waals surface area contributed by atoms with Gasteiger partial charge in [0.05, 0.1) is 4.91 Å². The van der Waals surface area contributed by atoms with Crippen LogP contribution in [0.4, 0.5) is 0 Å². The predicted molar refractivity (Wildman–Crippen MR) is 77.3 cm³/mol. The number of aliphatic imine (C=N–C) groups is 1. The number of hydrogen-bond acceptors (Lipinski definition) is 3. The van der Waals surface area contributed by atoms with Gasteiger partial charge < -0.3 is 0 Å². The number of carbonyl (C=O) groups excluding carboxylic acids is 1. The molecule has 1 heterocycles. The number of hydrogen-bond donors (Lipinski definition) is 0. The van der Waals surface area contributed by atoms with Crippen molar-refractivity contribution in [2.75, 3.05) is 6.26 Å². The Kier molecular flexibility index (Phi) is 4.07. The fourth-order valence-corrected chi connectivity index (χ4v) is 2.90. The van der Waals surface area contributed by atoms with Crippen molar-refractivity contribution in [2.24, 2.45) is 4.99 Å². The minimum atomic E-state index is -0.126. The first-order valence-electron chi connectivity index (χ1n) is 5.38. The molecule has 2 nitrogen and oxygen atoms in total. The Morgan fingerprint density at radius 3 is 2.59 bits per heavy atom. The monoisotopic (exact) mass is 263 g/mol. The molecule has 1 aromatic rings. The Morgan fingerprint density at radius 2 is 2.06 bits per heavy atom. The van der Waals surface area contributed by atoms with E-state index in [4.69, 9.17) is 0 Å². The van der Waals surface area contributed by atoms with Crippen molar-refractivity contribution < 1.29 is 4.79 Å². The molecular formula is C13H13NOS2. The molecule has 88 valence electrons. The zero-order valence-corrected chi connectivity index (χ0v) is 11.4. The number of nitrogens with zero attached hydrogens (tertiary/aromatic N) is 1.